The van der Waals surface area contributed by atoms with Crippen LogP contribution in [0.1, 0.15) is 17.3 Å². The number of amides is 2. The molecule has 2 rings (SSSR count). The Morgan fingerprint density at radius 1 is 1.42 bits per heavy atom. The first-order valence-corrected chi connectivity index (χ1v) is 6.71. The fourth-order valence-electron chi connectivity index (χ4n) is 1.56. The highest BCUT2D eigenvalue weighted by Crippen LogP contribution is 2.32. The van der Waals surface area contributed by atoms with Crippen LogP contribution in [0.25, 0.3) is 10.4 Å². The van der Waals surface area contributed by atoms with Gasteiger partial charge in [0.25, 0.3) is 5.91 Å². The van der Waals surface area contributed by atoms with Crippen LogP contribution in [0, 0.1) is 0 Å². The first-order chi connectivity index (χ1) is 8.99. The van der Waals surface area contributed by atoms with Gasteiger partial charge in [-0.2, -0.15) is 0 Å². The van der Waals surface area contributed by atoms with Gasteiger partial charge in [0.1, 0.15) is 6.04 Å². The van der Waals surface area contributed by atoms with E-state index in [-0.39, 0.29) is 5.91 Å². The highest BCUT2D eigenvalue weighted by Gasteiger charge is 2.18. The number of halogens is 1. The second-order valence-corrected chi connectivity index (χ2v) is 5.70. The van der Waals surface area contributed by atoms with E-state index in [9.17, 15) is 9.59 Å². The molecule has 19 heavy (non-hydrogen) atoms. The smallest absolute Gasteiger partial charge is 0.254 e. The van der Waals surface area contributed by atoms with Gasteiger partial charge >= 0.3 is 0 Å². The highest BCUT2D eigenvalue weighted by atomic mass is 35.5. The summed E-state index contributed by atoms with van der Waals surface area (Å²) in [6.07, 6.45) is 3.29. The Kier molecular flexibility index (Phi) is 3.92. The molecule has 0 aliphatic carbocycles. The highest BCUT2D eigenvalue weighted by molar-refractivity contribution is 7.19. The van der Waals surface area contributed by atoms with Gasteiger partial charge in [-0.05, 0) is 19.1 Å². The van der Waals surface area contributed by atoms with Gasteiger partial charge < -0.3 is 16.0 Å². The Bertz CT molecular complexity index is 620. The van der Waals surface area contributed by atoms with Crippen molar-refractivity contribution in [1.29, 1.82) is 0 Å². The first-order valence-electron chi connectivity index (χ1n) is 5.51. The Balaban J connectivity index is 2.25. The van der Waals surface area contributed by atoms with Gasteiger partial charge in [0, 0.05) is 22.8 Å². The molecule has 4 N–H and O–H groups in total. The van der Waals surface area contributed by atoms with Crippen molar-refractivity contribution in [3.63, 3.8) is 0 Å². The molecule has 0 saturated heterocycles. The third-order valence-electron chi connectivity index (χ3n) is 2.60. The Labute approximate surface area is 118 Å². The van der Waals surface area contributed by atoms with Gasteiger partial charge in [-0.15, -0.1) is 11.3 Å². The van der Waals surface area contributed by atoms with Crippen LogP contribution in [0.15, 0.2) is 24.5 Å². The molecule has 2 aromatic rings. The summed E-state index contributed by atoms with van der Waals surface area (Å²) in [6, 6.07) is 2.88. The lowest BCUT2D eigenvalue weighted by Crippen LogP contribution is -2.42. The number of nitrogens with one attached hydrogen (secondary N) is 2. The number of nitrogens with two attached hydrogens (primary N) is 1. The molecule has 0 saturated carbocycles. The fraction of sp³-hybridized carbons (Fsp3) is 0.167. The zero-order valence-electron chi connectivity index (χ0n) is 10.1. The maximum absolute atomic E-state index is 12.1. The van der Waals surface area contributed by atoms with Gasteiger partial charge in [0.15, 0.2) is 0 Å². The molecule has 0 aliphatic rings. The topological polar surface area (TPSA) is 88.0 Å². The molecular formula is C12H12ClN3O2S. The molecule has 0 spiro atoms. The third-order valence-corrected chi connectivity index (χ3v) is 3.87. The average molecular weight is 298 g/mol. The molecule has 2 amide bonds. The monoisotopic (exact) mass is 297 g/mol. The van der Waals surface area contributed by atoms with Crippen LogP contribution in [0.5, 0.6) is 0 Å². The Morgan fingerprint density at radius 3 is 2.74 bits per heavy atom. The maximum atomic E-state index is 12.1. The molecule has 2 aromatic heterocycles. The van der Waals surface area contributed by atoms with Gasteiger partial charge in [-0.25, -0.2) is 0 Å². The minimum atomic E-state index is -0.720. The van der Waals surface area contributed by atoms with Crippen LogP contribution in [0.4, 0.5) is 0 Å². The molecule has 0 radical (unpaired) electrons. The predicted molar refractivity (Wildman–Crippen MR) is 75.2 cm³/mol. The number of aromatic amines is 1. The number of primary amides is 1. The summed E-state index contributed by atoms with van der Waals surface area (Å²) < 4.78 is 0.646. The first kappa shape index (κ1) is 13.6. The van der Waals surface area contributed by atoms with E-state index in [1.165, 1.54) is 18.3 Å². The van der Waals surface area contributed by atoms with Crippen molar-refractivity contribution in [3.05, 3.63) is 34.4 Å². The quantitative estimate of drug-likeness (QED) is 0.806. The molecule has 0 fully saturated rings. The molecular weight excluding hydrogens is 286 g/mol. The van der Waals surface area contributed by atoms with Crippen molar-refractivity contribution in [2.24, 2.45) is 5.73 Å². The molecule has 0 aromatic carbocycles. The van der Waals surface area contributed by atoms with Crippen molar-refractivity contribution in [2.75, 3.05) is 0 Å². The lowest BCUT2D eigenvalue weighted by molar-refractivity contribution is -0.119. The van der Waals surface area contributed by atoms with E-state index in [1.807, 2.05) is 6.07 Å². The lowest BCUT2D eigenvalue weighted by atomic mass is 10.1. The summed E-state index contributed by atoms with van der Waals surface area (Å²) in [6.45, 7) is 1.54. The second-order valence-electron chi connectivity index (χ2n) is 3.98. The predicted octanol–water partition coefficient (Wildman–Crippen LogP) is 2.00. The van der Waals surface area contributed by atoms with E-state index in [0.29, 0.717) is 9.90 Å². The number of carbonyl (C=O) groups is 2. The van der Waals surface area contributed by atoms with Crippen LogP contribution >= 0.6 is 22.9 Å². The molecule has 2 heterocycles. The number of H-pyrrole nitrogens is 1. The van der Waals surface area contributed by atoms with E-state index in [2.05, 4.69) is 10.3 Å². The van der Waals surface area contributed by atoms with Crippen molar-refractivity contribution in [3.8, 4) is 10.4 Å². The summed E-state index contributed by atoms with van der Waals surface area (Å²) in [4.78, 5) is 26.8. The summed E-state index contributed by atoms with van der Waals surface area (Å²) in [5.74, 6) is -0.934. The largest absolute Gasteiger partial charge is 0.368 e. The van der Waals surface area contributed by atoms with E-state index in [4.69, 9.17) is 17.3 Å². The van der Waals surface area contributed by atoms with Crippen LogP contribution in [0.2, 0.25) is 4.34 Å². The number of thiophene rings is 1. The SMILES string of the molecule is C[C@H](NC(=O)c1c[nH]cc1-c1ccc(Cl)s1)C(N)=O. The fourth-order valence-corrected chi connectivity index (χ4v) is 2.63. The molecule has 5 nitrogen and oxygen atoms in total. The average Bonchev–Trinajstić information content (AvgIpc) is 2.96. The van der Waals surface area contributed by atoms with Gasteiger partial charge in [0.2, 0.25) is 5.91 Å². The van der Waals surface area contributed by atoms with Gasteiger partial charge in [-0.1, -0.05) is 11.6 Å². The van der Waals surface area contributed by atoms with E-state index in [0.717, 1.165) is 10.4 Å². The summed E-state index contributed by atoms with van der Waals surface area (Å²) in [5.41, 5.74) is 6.31. The molecule has 0 aliphatic heterocycles. The Hall–Kier alpha value is -1.79. The van der Waals surface area contributed by atoms with Crippen LogP contribution < -0.4 is 11.1 Å². The zero-order chi connectivity index (χ0) is 14.0. The lowest BCUT2D eigenvalue weighted by Gasteiger charge is -2.10. The van der Waals surface area contributed by atoms with Crippen LogP contribution in [0.3, 0.4) is 0 Å². The van der Waals surface area contributed by atoms with Crippen LogP contribution in [-0.4, -0.2) is 22.8 Å². The second kappa shape index (κ2) is 5.46. The maximum Gasteiger partial charge on any atom is 0.254 e. The minimum absolute atomic E-state index is 0.355. The third kappa shape index (κ3) is 2.97. The number of aromatic nitrogens is 1. The normalized spacial score (nSPS) is 12.1. The minimum Gasteiger partial charge on any atom is -0.368 e. The van der Waals surface area contributed by atoms with E-state index >= 15 is 0 Å². The van der Waals surface area contributed by atoms with Crippen molar-refractivity contribution in [1.82, 2.24) is 10.3 Å². The molecule has 7 heteroatoms. The molecule has 1 atom stereocenters. The van der Waals surface area contributed by atoms with Crippen molar-refractivity contribution >= 4 is 34.8 Å². The standard InChI is InChI=1S/C12H12ClN3O2S/c1-6(11(14)17)16-12(18)8-5-15-4-7(8)9-2-3-10(13)19-9/h2-6,15H,1H3,(H2,14,17)(H,16,18)/t6-/m0/s1. The number of carbonyl (C=O) groups excluding carboxylic acids is 2. The van der Waals surface area contributed by atoms with Crippen molar-refractivity contribution in [2.45, 2.75) is 13.0 Å². The van der Waals surface area contributed by atoms with Crippen LogP contribution in [-0.2, 0) is 4.79 Å². The van der Waals surface area contributed by atoms with E-state index < -0.39 is 11.9 Å². The van der Waals surface area contributed by atoms with Gasteiger partial charge in [0.05, 0.1) is 9.90 Å². The molecule has 100 valence electrons. The molecule has 0 unspecified atom stereocenters. The van der Waals surface area contributed by atoms with Crippen molar-refractivity contribution < 1.29 is 9.59 Å². The molecule has 0 bridgehead atoms. The zero-order valence-corrected chi connectivity index (χ0v) is 11.6. The number of rotatable bonds is 4. The summed E-state index contributed by atoms with van der Waals surface area (Å²) in [5, 5.41) is 2.54. The summed E-state index contributed by atoms with van der Waals surface area (Å²) in [7, 11) is 0. The Morgan fingerprint density at radius 2 is 2.16 bits per heavy atom. The van der Waals surface area contributed by atoms with Gasteiger partial charge in [-0.3, -0.25) is 9.59 Å². The number of hydrogen-bond donors (Lipinski definition) is 3. The van der Waals surface area contributed by atoms with E-state index in [1.54, 1.807) is 18.5 Å². The summed E-state index contributed by atoms with van der Waals surface area (Å²) >= 11 is 7.26. The number of hydrogen-bond acceptors (Lipinski definition) is 3.